The fraction of sp³-hybridized carbons (Fsp3) is 0.391. The Labute approximate surface area is 166 Å². The predicted octanol–water partition coefficient (Wildman–Crippen LogP) is 3.93. The van der Waals surface area contributed by atoms with Crippen LogP contribution < -0.4 is 5.32 Å². The van der Waals surface area contributed by atoms with E-state index in [2.05, 4.69) is 5.32 Å². The number of rotatable bonds is 6. The van der Waals surface area contributed by atoms with Gasteiger partial charge in [-0.3, -0.25) is 0 Å². The molecule has 1 aliphatic rings. The zero-order valence-corrected chi connectivity index (χ0v) is 16.2. The maximum atomic E-state index is 12.8. The Hall–Kier alpha value is -2.82. The minimum absolute atomic E-state index is 0.181. The van der Waals surface area contributed by atoms with E-state index in [4.69, 9.17) is 4.74 Å². The Morgan fingerprint density at radius 3 is 2.04 bits per heavy atom. The molecule has 2 amide bonds. The van der Waals surface area contributed by atoms with Crippen LogP contribution in [0.25, 0.3) is 0 Å². The smallest absolute Gasteiger partial charge is 0.329 e. The van der Waals surface area contributed by atoms with Crippen LogP contribution in [-0.4, -0.2) is 36.0 Å². The molecule has 3 rings (SSSR count). The molecule has 5 nitrogen and oxygen atoms in total. The normalized spacial score (nSPS) is 15.4. The number of carbonyl (C=O) groups excluding carboxylic acids is 2. The fourth-order valence-electron chi connectivity index (χ4n) is 3.39. The number of ether oxygens (including phenoxy) is 1. The van der Waals surface area contributed by atoms with Gasteiger partial charge in [-0.1, -0.05) is 73.5 Å². The first-order valence-electron chi connectivity index (χ1n) is 10.0. The van der Waals surface area contributed by atoms with E-state index in [1.54, 1.807) is 0 Å². The molecule has 1 saturated heterocycles. The zero-order chi connectivity index (χ0) is 19.6. The van der Waals surface area contributed by atoms with E-state index in [-0.39, 0.29) is 12.6 Å². The summed E-state index contributed by atoms with van der Waals surface area (Å²) >= 11 is 0. The summed E-state index contributed by atoms with van der Waals surface area (Å²) in [6, 6.07) is 18.4. The summed E-state index contributed by atoms with van der Waals surface area (Å²) in [5.41, 5.74) is 1.91. The fourth-order valence-corrected chi connectivity index (χ4v) is 3.39. The van der Waals surface area contributed by atoms with Crippen molar-refractivity contribution < 1.29 is 14.3 Å². The molecule has 2 aromatic carbocycles. The van der Waals surface area contributed by atoms with E-state index in [1.165, 1.54) is 0 Å². The third kappa shape index (κ3) is 6.12. The van der Waals surface area contributed by atoms with Gasteiger partial charge in [-0.05, 0) is 24.0 Å². The molecule has 1 heterocycles. The molecule has 0 saturated carbocycles. The second-order valence-electron chi connectivity index (χ2n) is 7.19. The van der Waals surface area contributed by atoms with Gasteiger partial charge in [-0.15, -0.1) is 0 Å². The quantitative estimate of drug-likeness (QED) is 0.773. The van der Waals surface area contributed by atoms with Crippen LogP contribution >= 0.6 is 0 Å². The summed E-state index contributed by atoms with van der Waals surface area (Å²) in [5, 5.41) is 2.91. The number of nitrogens with one attached hydrogen (secondary N) is 1. The first kappa shape index (κ1) is 19.9. The molecule has 1 atom stereocenters. The number of likely N-dealkylation sites (tertiary alicyclic amines) is 1. The monoisotopic (exact) mass is 380 g/mol. The van der Waals surface area contributed by atoms with Crippen LogP contribution in [-0.2, 0) is 22.6 Å². The Balaban J connectivity index is 1.65. The van der Waals surface area contributed by atoms with Crippen LogP contribution in [0, 0.1) is 0 Å². The predicted molar refractivity (Wildman–Crippen MR) is 109 cm³/mol. The number of amides is 2. The minimum Gasteiger partial charge on any atom is -0.459 e. The lowest BCUT2D eigenvalue weighted by molar-refractivity contribution is -0.147. The van der Waals surface area contributed by atoms with Crippen molar-refractivity contribution in [3.05, 3.63) is 71.8 Å². The van der Waals surface area contributed by atoms with Crippen LogP contribution in [0.15, 0.2) is 60.7 Å². The highest BCUT2D eigenvalue weighted by Crippen LogP contribution is 2.12. The third-order valence-electron chi connectivity index (χ3n) is 4.98. The molecule has 0 spiro atoms. The highest BCUT2D eigenvalue weighted by molar-refractivity contribution is 5.84. The van der Waals surface area contributed by atoms with E-state index in [9.17, 15) is 9.59 Å². The Morgan fingerprint density at radius 2 is 1.43 bits per heavy atom. The molecule has 2 aromatic rings. The van der Waals surface area contributed by atoms with Crippen LogP contribution in [0.4, 0.5) is 4.79 Å². The van der Waals surface area contributed by atoms with Gasteiger partial charge in [0.05, 0.1) is 0 Å². The number of esters is 1. The molecule has 1 aliphatic heterocycles. The standard InChI is InChI=1S/C23H28N2O3/c26-22(28-18-20-13-7-4-8-14-20)21(17-19-11-5-3-6-12-19)24-23(27)25-15-9-1-2-10-16-25/h3-8,11-14,21H,1-2,9-10,15-18H2,(H,24,27). The first-order chi connectivity index (χ1) is 13.7. The van der Waals surface area contributed by atoms with Gasteiger partial charge >= 0.3 is 12.0 Å². The zero-order valence-electron chi connectivity index (χ0n) is 16.2. The molecule has 1 unspecified atom stereocenters. The van der Waals surface area contributed by atoms with E-state index < -0.39 is 12.0 Å². The highest BCUT2D eigenvalue weighted by Gasteiger charge is 2.25. The van der Waals surface area contributed by atoms with Crippen LogP contribution in [0.3, 0.4) is 0 Å². The number of hydrogen-bond donors (Lipinski definition) is 1. The second kappa shape index (κ2) is 10.5. The van der Waals surface area contributed by atoms with E-state index in [1.807, 2.05) is 65.6 Å². The van der Waals surface area contributed by atoms with E-state index in [0.29, 0.717) is 6.42 Å². The Kier molecular flexibility index (Phi) is 7.47. The molecule has 0 aliphatic carbocycles. The first-order valence-corrected chi connectivity index (χ1v) is 10.0. The molecule has 1 N–H and O–H groups in total. The lowest BCUT2D eigenvalue weighted by Gasteiger charge is -2.24. The summed E-state index contributed by atoms with van der Waals surface area (Å²) in [5.74, 6) is -0.407. The van der Waals surface area contributed by atoms with Crippen molar-refractivity contribution in [2.75, 3.05) is 13.1 Å². The van der Waals surface area contributed by atoms with Gasteiger partial charge in [0, 0.05) is 19.5 Å². The summed E-state index contributed by atoms with van der Waals surface area (Å²) in [6.07, 6.45) is 4.73. The molecule has 0 bridgehead atoms. The summed E-state index contributed by atoms with van der Waals surface area (Å²) in [6.45, 7) is 1.68. The number of urea groups is 1. The number of carbonyl (C=O) groups is 2. The average molecular weight is 380 g/mol. The molecule has 148 valence electrons. The number of hydrogen-bond acceptors (Lipinski definition) is 3. The van der Waals surface area contributed by atoms with Gasteiger partial charge in [0.15, 0.2) is 0 Å². The lowest BCUT2D eigenvalue weighted by atomic mass is 10.1. The molecule has 5 heteroatoms. The molecule has 0 radical (unpaired) electrons. The van der Waals surface area contributed by atoms with Gasteiger partial charge < -0.3 is 15.0 Å². The van der Waals surface area contributed by atoms with E-state index >= 15 is 0 Å². The van der Waals surface area contributed by atoms with Gasteiger partial charge in [-0.25, -0.2) is 9.59 Å². The minimum atomic E-state index is -0.707. The maximum absolute atomic E-state index is 12.8. The number of benzene rings is 2. The van der Waals surface area contributed by atoms with Crippen molar-refractivity contribution in [1.82, 2.24) is 10.2 Å². The second-order valence-corrected chi connectivity index (χ2v) is 7.19. The van der Waals surface area contributed by atoms with Gasteiger partial charge in [0.25, 0.3) is 0 Å². The highest BCUT2D eigenvalue weighted by atomic mass is 16.5. The van der Waals surface area contributed by atoms with Gasteiger partial charge in [-0.2, -0.15) is 0 Å². The molecular weight excluding hydrogens is 352 g/mol. The summed E-state index contributed by atoms with van der Waals surface area (Å²) in [7, 11) is 0. The van der Waals surface area contributed by atoms with Crippen molar-refractivity contribution in [3.63, 3.8) is 0 Å². The van der Waals surface area contributed by atoms with Crippen molar-refractivity contribution in [1.29, 1.82) is 0 Å². The van der Waals surface area contributed by atoms with Crippen molar-refractivity contribution in [3.8, 4) is 0 Å². The van der Waals surface area contributed by atoms with Crippen molar-refractivity contribution in [2.24, 2.45) is 0 Å². The molecule has 1 fully saturated rings. The largest absolute Gasteiger partial charge is 0.459 e. The van der Waals surface area contributed by atoms with E-state index in [0.717, 1.165) is 49.9 Å². The summed E-state index contributed by atoms with van der Waals surface area (Å²) < 4.78 is 5.50. The average Bonchev–Trinajstić information content (AvgIpc) is 3.03. The third-order valence-corrected chi connectivity index (χ3v) is 4.98. The SMILES string of the molecule is O=C(OCc1ccccc1)C(Cc1ccccc1)NC(=O)N1CCCCCC1. The summed E-state index contributed by atoms with van der Waals surface area (Å²) in [4.78, 5) is 27.3. The molecule has 0 aromatic heterocycles. The van der Waals surface area contributed by atoms with Crippen molar-refractivity contribution >= 4 is 12.0 Å². The van der Waals surface area contributed by atoms with Crippen LogP contribution in [0.2, 0.25) is 0 Å². The Morgan fingerprint density at radius 1 is 0.857 bits per heavy atom. The maximum Gasteiger partial charge on any atom is 0.329 e. The number of nitrogens with zero attached hydrogens (tertiary/aromatic N) is 1. The molecule has 28 heavy (non-hydrogen) atoms. The van der Waals surface area contributed by atoms with Gasteiger partial charge in [0.1, 0.15) is 12.6 Å². The molecular formula is C23H28N2O3. The topological polar surface area (TPSA) is 58.6 Å². The lowest BCUT2D eigenvalue weighted by Crippen LogP contribution is -2.49. The van der Waals surface area contributed by atoms with Gasteiger partial charge in [0.2, 0.25) is 0 Å². The Bertz CT molecular complexity index is 741. The van der Waals surface area contributed by atoms with Crippen molar-refractivity contribution in [2.45, 2.75) is 44.8 Å². The van der Waals surface area contributed by atoms with Crippen LogP contribution in [0.5, 0.6) is 0 Å². The van der Waals surface area contributed by atoms with Crippen LogP contribution in [0.1, 0.15) is 36.8 Å².